The molecule has 2 atom stereocenters. The first kappa shape index (κ1) is 22.9. The lowest BCUT2D eigenvalue weighted by Gasteiger charge is -2.29. The van der Waals surface area contributed by atoms with Gasteiger partial charge in [0.2, 0.25) is 11.8 Å². The predicted octanol–water partition coefficient (Wildman–Crippen LogP) is 2.99. The lowest BCUT2D eigenvalue weighted by Crippen LogP contribution is -2.51. The van der Waals surface area contributed by atoms with Gasteiger partial charge < -0.3 is 10.2 Å². The Morgan fingerprint density at radius 1 is 1.03 bits per heavy atom. The Morgan fingerprint density at radius 2 is 1.68 bits per heavy atom. The van der Waals surface area contributed by atoms with Gasteiger partial charge in [0.1, 0.15) is 11.6 Å². The summed E-state index contributed by atoms with van der Waals surface area (Å²) >= 11 is 6.02. The average molecular weight is 498 g/mol. The van der Waals surface area contributed by atoms with Crippen molar-refractivity contribution in [3.05, 3.63) is 65.2 Å². The maximum atomic E-state index is 13.8. The van der Waals surface area contributed by atoms with Crippen LogP contribution in [0.1, 0.15) is 37.7 Å². The van der Waals surface area contributed by atoms with E-state index in [2.05, 4.69) is 11.4 Å². The molecule has 0 aromatic heterocycles. The number of benzene rings is 2. The number of nitrogens with zero attached hydrogens (tertiary/aromatic N) is 2. The standard InChI is InChI=1S/C25H24ClN3O4S/c26-18-8-6-17(7-9-18)25(12-13-25)23(31)29-15-20(34(32,33)19-4-2-1-3-5-19)14-21(29)22(30)28-24(16-27)10-11-24/h1-9,20-21H,10-15H2,(H,28,30). The molecule has 9 heteroatoms. The van der Waals surface area contributed by atoms with E-state index < -0.39 is 38.0 Å². The van der Waals surface area contributed by atoms with Crippen LogP contribution in [0.3, 0.4) is 0 Å². The van der Waals surface area contributed by atoms with Crippen LogP contribution in [0.15, 0.2) is 59.5 Å². The van der Waals surface area contributed by atoms with E-state index in [4.69, 9.17) is 11.6 Å². The number of sulfone groups is 1. The highest BCUT2D eigenvalue weighted by Gasteiger charge is 2.58. The summed E-state index contributed by atoms with van der Waals surface area (Å²) in [6.45, 7) is -0.0664. The summed E-state index contributed by atoms with van der Waals surface area (Å²) < 4.78 is 26.7. The molecule has 5 rings (SSSR count). The fraction of sp³-hybridized carbons (Fsp3) is 0.400. The van der Waals surface area contributed by atoms with E-state index in [0.717, 1.165) is 5.56 Å². The molecule has 1 heterocycles. The molecule has 2 aliphatic carbocycles. The van der Waals surface area contributed by atoms with E-state index in [1.807, 2.05) is 12.1 Å². The first-order valence-electron chi connectivity index (χ1n) is 11.3. The Bertz CT molecular complexity index is 1280. The normalized spacial score (nSPS) is 24.2. The van der Waals surface area contributed by atoms with E-state index in [0.29, 0.717) is 30.7 Å². The topological polar surface area (TPSA) is 107 Å². The molecular weight excluding hydrogens is 474 g/mol. The molecule has 34 heavy (non-hydrogen) atoms. The molecule has 0 spiro atoms. The number of nitriles is 1. The van der Waals surface area contributed by atoms with Gasteiger partial charge in [0.25, 0.3) is 0 Å². The van der Waals surface area contributed by atoms with Gasteiger partial charge in [-0.3, -0.25) is 9.59 Å². The van der Waals surface area contributed by atoms with Gasteiger partial charge in [-0.1, -0.05) is 41.9 Å². The monoisotopic (exact) mass is 497 g/mol. The van der Waals surface area contributed by atoms with Gasteiger partial charge >= 0.3 is 0 Å². The Kier molecular flexibility index (Phi) is 5.45. The molecule has 2 aromatic carbocycles. The average Bonchev–Trinajstić information content (AvgIpc) is 3.76. The van der Waals surface area contributed by atoms with E-state index in [9.17, 15) is 23.3 Å². The SMILES string of the molecule is N#CC1(NC(=O)C2CC(S(=O)(=O)c3ccccc3)CN2C(=O)C2(c3ccc(Cl)cc3)CC2)CC1. The van der Waals surface area contributed by atoms with Gasteiger partial charge in [-0.25, -0.2) is 8.42 Å². The maximum Gasteiger partial charge on any atom is 0.244 e. The quantitative estimate of drug-likeness (QED) is 0.660. The zero-order chi connectivity index (χ0) is 24.1. The molecule has 2 aromatic rings. The molecule has 3 aliphatic rings. The Morgan fingerprint density at radius 3 is 2.24 bits per heavy atom. The number of likely N-dealkylation sites (tertiary alicyclic amines) is 1. The fourth-order valence-corrected chi connectivity index (χ4v) is 6.64. The third kappa shape index (κ3) is 3.87. The van der Waals surface area contributed by atoms with Crippen LogP contribution in [0.4, 0.5) is 0 Å². The Balaban J connectivity index is 1.46. The van der Waals surface area contributed by atoms with Crippen molar-refractivity contribution in [1.29, 1.82) is 5.26 Å². The minimum absolute atomic E-state index is 0.00694. The molecule has 0 radical (unpaired) electrons. The predicted molar refractivity (Wildman–Crippen MR) is 126 cm³/mol. The largest absolute Gasteiger partial charge is 0.336 e. The molecule has 3 fully saturated rings. The molecule has 2 unspecified atom stereocenters. The molecule has 7 nitrogen and oxygen atoms in total. The Labute approximate surface area is 203 Å². The molecular formula is C25H24ClN3O4S. The number of hydrogen-bond acceptors (Lipinski definition) is 5. The number of rotatable bonds is 6. The van der Waals surface area contributed by atoms with Crippen molar-refractivity contribution in [2.24, 2.45) is 0 Å². The highest BCUT2D eigenvalue weighted by atomic mass is 35.5. The number of hydrogen-bond donors (Lipinski definition) is 1. The summed E-state index contributed by atoms with van der Waals surface area (Å²) in [6.07, 6.45) is 2.34. The van der Waals surface area contributed by atoms with Gasteiger partial charge in [-0.05, 0) is 61.9 Å². The van der Waals surface area contributed by atoms with E-state index in [-0.39, 0.29) is 23.8 Å². The maximum absolute atomic E-state index is 13.8. The molecule has 2 amide bonds. The molecule has 1 saturated heterocycles. The van der Waals surface area contributed by atoms with Gasteiger partial charge in [-0.15, -0.1) is 0 Å². The van der Waals surface area contributed by atoms with Crippen LogP contribution in [0.25, 0.3) is 0 Å². The Hall–Kier alpha value is -2.89. The van der Waals surface area contributed by atoms with Crippen LogP contribution < -0.4 is 5.32 Å². The van der Waals surface area contributed by atoms with E-state index >= 15 is 0 Å². The molecule has 176 valence electrons. The highest BCUT2D eigenvalue weighted by Crippen LogP contribution is 2.51. The van der Waals surface area contributed by atoms with Gasteiger partial charge in [-0.2, -0.15) is 5.26 Å². The summed E-state index contributed by atoms with van der Waals surface area (Å²) in [6, 6.07) is 16.3. The minimum atomic E-state index is -3.76. The van der Waals surface area contributed by atoms with Crippen molar-refractivity contribution in [2.75, 3.05) is 6.54 Å². The van der Waals surface area contributed by atoms with Gasteiger partial charge in [0.15, 0.2) is 9.84 Å². The summed E-state index contributed by atoms with van der Waals surface area (Å²) in [5, 5.41) is 11.8. The van der Waals surface area contributed by atoms with Crippen molar-refractivity contribution in [3.8, 4) is 6.07 Å². The minimum Gasteiger partial charge on any atom is -0.336 e. The zero-order valence-electron chi connectivity index (χ0n) is 18.4. The first-order valence-corrected chi connectivity index (χ1v) is 13.2. The molecule has 1 N–H and O–H groups in total. The van der Waals surface area contributed by atoms with Gasteiger partial charge in [0.05, 0.1) is 21.6 Å². The van der Waals surface area contributed by atoms with Crippen molar-refractivity contribution < 1.29 is 18.0 Å². The van der Waals surface area contributed by atoms with Crippen LogP contribution in [0.2, 0.25) is 5.02 Å². The lowest BCUT2D eigenvalue weighted by atomic mass is 9.94. The van der Waals surface area contributed by atoms with Crippen molar-refractivity contribution in [3.63, 3.8) is 0 Å². The summed E-state index contributed by atoms with van der Waals surface area (Å²) in [4.78, 5) is 28.7. The first-order chi connectivity index (χ1) is 16.2. The number of nitrogens with one attached hydrogen (secondary N) is 1. The summed E-state index contributed by atoms with van der Waals surface area (Å²) in [7, 11) is -3.76. The highest BCUT2D eigenvalue weighted by molar-refractivity contribution is 7.92. The number of carbonyl (C=O) groups is 2. The van der Waals surface area contributed by atoms with Crippen LogP contribution in [-0.2, 0) is 24.8 Å². The van der Waals surface area contributed by atoms with Gasteiger partial charge in [0, 0.05) is 11.6 Å². The van der Waals surface area contributed by atoms with Crippen LogP contribution in [-0.4, -0.2) is 48.5 Å². The second-order valence-corrected chi connectivity index (χ2v) is 12.1. The van der Waals surface area contributed by atoms with Crippen LogP contribution >= 0.6 is 11.6 Å². The van der Waals surface area contributed by atoms with E-state index in [1.165, 1.54) is 17.0 Å². The number of amides is 2. The van der Waals surface area contributed by atoms with Crippen molar-refractivity contribution >= 4 is 33.3 Å². The third-order valence-corrected chi connectivity index (χ3v) is 9.62. The van der Waals surface area contributed by atoms with Crippen LogP contribution in [0, 0.1) is 11.3 Å². The summed E-state index contributed by atoms with van der Waals surface area (Å²) in [5.74, 6) is -0.715. The summed E-state index contributed by atoms with van der Waals surface area (Å²) in [5.41, 5.74) is -0.873. The number of carbonyl (C=O) groups excluding carboxylic acids is 2. The zero-order valence-corrected chi connectivity index (χ0v) is 20.0. The lowest BCUT2D eigenvalue weighted by molar-refractivity contribution is -0.140. The molecule has 2 saturated carbocycles. The molecule has 1 aliphatic heterocycles. The smallest absolute Gasteiger partial charge is 0.244 e. The number of halogens is 1. The third-order valence-electron chi connectivity index (χ3n) is 7.22. The van der Waals surface area contributed by atoms with E-state index in [1.54, 1.807) is 30.3 Å². The second-order valence-electron chi connectivity index (χ2n) is 9.46. The second kappa shape index (κ2) is 8.10. The van der Waals surface area contributed by atoms with Crippen LogP contribution in [0.5, 0.6) is 0 Å². The molecule has 0 bridgehead atoms. The van der Waals surface area contributed by atoms with Crippen molar-refractivity contribution in [2.45, 2.75) is 59.2 Å². The fourth-order valence-electron chi connectivity index (χ4n) is 4.80. The van der Waals surface area contributed by atoms with Crippen molar-refractivity contribution in [1.82, 2.24) is 10.2 Å².